The highest BCUT2D eigenvalue weighted by Crippen LogP contribution is 2.22. The minimum Gasteiger partial charge on any atom is -0.390 e. The Labute approximate surface area is 172 Å². The molecule has 0 spiro atoms. The first-order chi connectivity index (χ1) is 14.4. The Hall–Kier alpha value is -4.04. The molecule has 0 radical (unpaired) electrons. The number of carbonyl (C=O) groups excluding carboxylic acids is 2. The number of anilines is 2. The van der Waals surface area contributed by atoms with Crippen LogP contribution in [0.5, 0.6) is 0 Å². The number of nitrogens with zero attached hydrogens (tertiary/aromatic N) is 2. The van der Waals surface area contributed by atoms with E-state index in [0.29, 0.717) is 22.6 Å². The van der Waals surface area contributed by atoms with Crippen LogP contribution in [-0.2, 0) is 0 Å². The molecule has 6 N–H and O–H groups in total. The van der Waals surface area contributed by atoms with Crippen molar-refractivity contribution in [1.82, 2.24) is 0 Å². The molecule has 0 unspecified atom stereocenters. The van der Waals surface area contributed by atoms with E-state index in [1.54, 1.807) is 24.3 Å². The summed E-state index contributed by atoms with van der Waals surface area (Å²) in [6, 6.07) is 17.4. The van der Waals surface area contributed by atoms with Crippen LogP contribution in [0.4, 0.5) is 16.2 Å². The molecule has 0 aromatic heterocycles. The van der Waals surface area contributed by atoms with Crippen LogP contribution in [0.3, 0.4) is 0 Å². The molecular formula is C22H20N5O3+. The van der Waals surface area contributed by atoms with Gasteiger partial charge in [0.05, 0.1) is 24.4 Å². The lowest BCUT2D eigenvalue weighted by Crippen LogP contribution is -2.46. The third-order valence-electron chi connectivity index (χ3n) is 4.88. The first kappa shape index (κ1) is 19.3. The zero-order valence-electron chi connectivity index (χ0n) is 16.0. The maximum atomic E-state index is 12.6. The minimum atomic E-state index is -0.426. The zero-order valence-corrected chi connectivity index (χ0v) is 16.0. The number of hydrogen-bond acceptors (Lipinski definition) is 3. The largest absolute Gasteiger partial charge is 0.390 e. The van der Waals surface area contributed by atoms with Crippen molar-refractivity contribution in [2.45, 2.75) is 0 Å². The Morgan fingerprint density at radius 1 is 1.07 bits per heavy atom. The van der Waals surface area contributed by atoms with Crippen molar-refractivity contribution in [3.63, 3.8) is 0 Å². The Bertz CT molecular complexity index is 1200. The smallest absolute Gasteiger partial charge is 0.348 e. The number of rotatable bonds is 5. The summed E-state index contributed by atoms with van der Waals surface area (Å²) in [5, 5.41) is 19.5. The van der Waals surface area contributed by atoms with Gasteiger partial charge in [-0.25, -0.2) is 4.79 Å². The number of urea groups is 1. The van der Waals surface area contributed by atoms with E-state index in [2.05, 4.69) is 10.3 Å². The topological polar surface area (TPSA) is 134 Å². The lowest BCUT2D eigenvalue weighted by Gasteiger charge is -2.15. The second-order valence-electron chi connectivity index (χ2n) is 6.94. The van der Waals surface area contributed by atoms with Gasteiger partial charge in [-0.05, 0) is 59.3 Å². The maximum Gasteiger partial charge on any atom is 0.348 e. The molecule has 0 fully saturated rings. The van der Waals surface area contributed by atoms with Gasteiger partial charge in [0.1, 0.15) is 0 Å². The van der Waals surface area contributed by atoms with Crippen molar-refractivity contribution in [2.24, 2.45) is 10.7 Å². The monoisotopic (exact) mass is 402 g/mol. The lowest BCUT2D eigenvalue weighted by molar-refractivity contribution is -0.114. The molecule has 3 aromatic rings. The molecular weight excluding hydrogens is 382 g/mol. The molecule has 4 rings (SSSR count). The highest BCUT2D eigenvalue weighted by atomic mass is 16.3. The third-order valence-corrected chi connectivity index (χ3v) is 4.88. The molecule has 3 aromatic carbocycles. The normalized spacial score (nSPS) is 13.4. The number of amidine groups is 1. The van der Waals surface area contributed by atoms with Crippen molar-refractivity contribution < 1.29 is 20.1 Å². The summed E-state index contributed by atoms with van der Waals surface area (Å²) in [6.07, 6.45) is 0. The van der Waals surface area contributed by atoms with Gasteiger partial charge in [-0.3, -0.25) is 20.8 Å². The van der Waals surface area contributed by atoms with Crippen LogP contribution in [0, 0.1) is 0 Å². The van der Waals surface area contributed by atoms with Crippen LogP contribution < -0.4 is 21.4 Å². The zero-order chi connectivity index (χ0) is 21.3. The molecule has 30 heavy (non-hydrogen) atoms. The van der Waals surface area contributed by atoms with Crippen molar-refractivity contribution in [2.75, 3.05) is 23.4 Å². The number of fused-ring (bicyclic) bond motifs is 1. The van der Waals surface area contributed by atoms with Gasteiger partial charge in [0.25, 0.3) is 11.7 Å². The van der Waals surface area contributed by atoms with Gasteiger partial charge in [-0.15, -0.1) is 0 Å². The Morgan fingerprint density at radius 2 is 1.73 bits per heavy atom. The Kier molecular flexibility index (Phi) is 4.99. The molecule has 1 aliphatic rings. The van der Waals surface area contributed by atoms with E-state index in [0.717, 1.165) is 16.3 Å². The molecule has 0 aliphatic carbocycles. The van der Waals surface area contributed by atoms with E-state index in [-0.39, 0.29) is 24.9 Å². The van der Waals surface area contributed by atoms with E-state index in [1.165, 1.54) is 4.90 Å². The highest BCUT2D eigenvalue weighted by molar-refractivity contribution is 6.12. The maximum absolute atomic E-state index is 12.6. The average molecular weight is 402 g/mol. The van der Waals surface area contributed by atoms with Crippen LogP contribution in [0.15, 0.2) is 65.7 Å². The van der Waals surface area contributed by atoms with Gasteiger partial charge >= 0.3 is 6.03 Å². The van der Waals surface area contributed by atoms with Crippen molar-refractivity contribution >= 4 is 45.6 Å². The third kappa shape index (κ3) is 3.76. The van der Waals surface area contributed by atoms with Crippen molar-refractivity contribution in [1.29, 1.82) is 0 Å². The minimum absolute atomic E-state index is 0.243. The van der Waals surface area contributed by atoms with Crippen LogP contribution >= 0.6 is 0 Å². The number of nitrogens with one attached hydrogen (secondary N) is 1. The number of aliphatic hydroxyl groups excluding tert-OH is 1. The predicted octanol–water partition coefficient (Wildman–Crippen LogP) is 0.930. The summed E-state index contributed by atoms with van der Waals surface area (Å²) in [4.78, 5) is 29.7. The molecule has 0 saturated heterocycles. The van der Waals surface area contributed by atoms with E-state index >= 15 is 0 Å². The number of hydrogen-bond donors (Lipinski definition) is 4. The van der Waals surface area contributed by atoms with Gasteiger partial charge < -0.3 is 10.4 Å². The van der Waals surface area contributed by atoms with Gasteiger partial charge in [-0.2, -0.15) is 4.99 Å². The van der Waals surface area contributed by atoms with E-state index in [1.807, 2.05) is 36.4 Å². The molecule has 1 heterocycles. The quantitative estimate of drug-likeness (QED) is 0.373. The van der Waals surface area contributed by atoms with Crippen LogP contribution in [0.25, 0.3) is 10.8 Å². The predicted molar refractivity (Wildman–Crippen MR) is 116 cm³/mol. The fourth-order valence-corrected chi connectivity index (χ4v) is 3.27. The molecule has 3 amide bonds. The number of nitrogens with two attached hydrogens (primary N) is 2. The molecule has 150 valence electrons. The second-order valence-corrected chi connectivity index (χ2v) is 6.94. The molecule has 8 nitrogen and oxygen atoms in total. The van der Waals surface area contributed by atoms with Crippen LogP contribution in [0.2, 0.25) is 0 Å². The first-order valence-corrected chi connectivity index (χ1v) is 9.27. The van der Waals surface area contributed by atoms with E-state index in [4.69, 9.17) is 16.2 Å². The number of aliphatic hydroxyl groups is 1. The van der Waals surface area contributed by atoms with E-state index in [9.17, 15) is 9.59 Å². The lowest BCUT2D eigenvalue weighted by atomic mass is 10.1. The number of benzene rings is 3. The molecule has 8 heteroatoms. The van der Waals surface area contributed by atoms with Gasteiger partial charge in [-0.1, -0.05) is 12.1 Å². The fraction of sp³-hybridized carbons (Fsp3) is 0.0909. The van der Waals surface area contributed by atoms with Gasteiger partial charge in [0.15, 0.2) is 0 Å². The second kappa shape index (κ2) is 7.76. The summed E-state index contributed by atoms with van der Waals surface area (Å²) in [5.41, 5.74) is 8.53. The van der Waals surface area contributed by atoms with Gasteiger partial charge in [0.2, 0.25) is 0 Å². The van der Waals surface area contributed by atoms with Gasteiger partial charge in [0, 0.05) is 16.9 Å². The standard InChI is InChI=1S/C22H19N5O3/c23-20(24)16-2-1-15-10-17(6-3-14(15)9-16)25-21(29)13-4-7-19(8-5-13)27-11-18(12-28)26-22(27)30/h1-10,28H,11-12H2,(H3,23,24)(H,25,29)/p+1. The summed E-state index contributed by atoms with van der Waals surface area (Å²) >= 11 is 0. The van der Waals surface area contributed by atoms with Crippen molar-refractivity contribution in [3.05, 3.63) is 71.8 Å². The first-order valence-electron chi connectivity index (χ1n) is 9.27. The average Bonchev–Trinajstić information content (AvgIpc) is 3.14. The SMILES string of the molecule is NC(=[NH2+])c1ccc2cc(NC(=O)c3ccc(N4CC(CO)=NC4=O)cc3)ccc2c1. The summed E-state index contributed by atoms with van der Waals surface area (Å²) in [6.45, 7) is -0.0130. The van der Waals surface area contributed by atoms with E-state index < -0.39 is 6.03 Å². The Morgan fingerprint density at radius 3 is 2.40 bits per heavy atom. The fourth-order valence-electron chi connectivity index (χ4n) is 3.27. The summed E-state index contributed by atoms with van der Waals surface area (Å²) in [7, 11) is 0. The highest BCUT2D eigenvalue weighted by Gasteiger charge is 2.24. The molecule has 0 atom stereocenters. The van der Waals surface area contributed by atoms with Crippen LogP contribution in [-0.4, -0.2) is 41.7 Å². The molecule has 1 aliphatic heterocycles. The number of amides is 3. The van der Waals surface area contributed by atoms with Crippen molar-refractivity contribution in [3.8, 4) is 0 Å². The Balaban J connectivity index is 1.48. The van der Waals surface area contributed by atoms with Crippen LogP contribution in [0.1, 0.15) is 15.9 Å². The summed E-state index contributed by atoms with van der Waals surface area (Å²) in [5.74, 6) is -0.00962. The number of carbonyl (C=O) groups is 2. The number of aliphatic imine (C=N–C) groups is 1. The molecule has 0 saturated carbocycles. The molecule has 0 bridgehead atoms. The summed E-state index contributed by atoms with van der Waals surface area (Å²) < 4.78 is 0.